The van der Waals surface area contributed by atoms with E-state index < -0.39 is 0 Å². The molecule has 160 valence electrons. The second-order valence-electron chi connectivity index (χ2n) is 7.90. The summed E-state index contributed by atoms with van der Waals surface area (Å²) in [4.78, 5) is 36.3. The molecule has 0 aliphatic carbocycles. The average Bonchev–Trinajstić information content (AvgIpc) is 2.70. The molecular formula is C23H29N3O4. The predicted octanol–water partition coefficient (Wildman–Crippen LogP) is 3.83. The highest BCUT2D eigenvalue weighted by Crippen LogP contribution is 2.13. The zero-order valence-electron chi connectivity index (χ0n) is 17.9. The second kappa shape index (κ2) is 10.4. The fourth-order valence-electron chi connectivity index (χ4n) is 2.54. The van der Waals surface area contributed by atoms with Crippen LogP contribution in [0.4, 0.5) is 11.4 Å². The Morgan fingerprint density at radius 2 is 1.63 bits per heavy atom. The van der Waals surface area contributed by atoms with E-state index in [1.165, 1.54) is 0 Å². The topological polar surface area (TPSA) is 96.5 Å². The maximum Gasteiger partial charge on any atom is 0.338 e. The lowest BCUT2D eigenvalue weighted by molar-refractivity contribution is -0.114. The first-order valence-corrected chi connectivity index (χ1v) is 9.91. The molecule has 2 aromatic carbocycles. The normalized spacial score (nSPS) is 10.8. The number of ether oxygens (including phenoxy) is 1. The van der Waals surface area contributed by atoms with Gasteiger partial charge in [0.25, 0.3) is 5.91 Å². The number of rotatable bonds is 8. The third-order valence-electron chi connectivity index (χ3n) is 3.91. The molecule has 7 nitrogen and oxygen atoms in total. The summed E-state index contributed by atoms with van der Waals surface area (Å²) in [5.74, 6) is -0.819. The molecule has 2 amide bonds. The van der Waals surface area contributed by atoms with Crippen molar-refractivity contribution in [3.8, 4) is 0 Å². The van der Waals surface area contributed by atoms with Crippen LogP contribution >= 0.6 is 0 Å². The van der Waals surface area contributed by atoms with Crippen LogP contribution in [0.5, 0.6) is 0 Å². The number of hydrogen-bond acceptors (Lipinski definition) is 5. The molecule has 0 aliphatic rings. The number of esters is 1. The Bertz CT molecular complexity index is 886. The SMILES string of the molecule is CCCOC(=O)c1ccc(NCC(=O)Nc2cccc(C(=O)NC(C)(C)C)c2)cc1. The molecule has 0 aromatic heterocycles. The largest absolute Gasteiger partial charge is 0.462 e. The molecule has 0 spiro atoms. The van der Waals surface area contributed by atoms with Gasteiger partial charge in [-0.2, -0.15) is 0 Å². The number of anilines is 2. The molecule has 0 saturated heterocycles. The smallest absolute Gasteiger partial charge is 0.338 e. The molecular weight excluding hydrogens is 382 g/mol. The van der Waals surface area contributed by atoms with Gasteiger partial charge in [0.1, 0.15) is 0 Å². The van der Waals surface area contributed by atoms with Gasteiger partial charge in [-0.05, 0) is 69.7 Å². The van der Waals surface area contributed by atoms with E-state index in [4.69, 9.17) is 4.74 Å². The van der Waals surface area contributed by atoms with Crippen molar-refractivity contribution in [2.45, 2.75) is 39.7 Å². The number of carbonyl (C=O) groups is 3. The van der Waals surface area contributed by atoms with Crippen molar-refractivity contribution < 1.29 is 19.1 Å². The van der Waals surface area contributed by atoms with E-state index >= 15 is 0 Å². The fraction of sp³-hybridized carbons (Fsp3) is 0.348. The van der Waals surface area contributed by atoms with Gasteiger partial charge in [-0.25, -0.2) is 4.79 Å². The van der Waals surface area contributed by atoms with Gasteiger partial charge in [-0.3, -0.25) is 9.59 Å². The molecule has 3 N–H and O–H groups in total. The van der Waals surface area contributed by atoms with Crippen molar-refractivity contribution >= 4 is 29.2 Å². The van der Waals surface area contributed by atoms with Crippen molar-refractivity contribution in [3.05, 3.63) is 59.7 Å². The molecule has 30 heavy (non-hydrogen) atoms. The van der Waals surface area contributed by atoms with E-state index in [0.29, 0.717) is 29.1 Å². The van der Waals surface area contributed by atoms with Crippen LogP contribution in [0.15, 0.2) is 48.5 Å². The second-order valence-corrected chi connectivity index (χ2v) is 7.90. The number of carbonyl (C=O) groups excluding carboxylic acids is 3. The summed E-state index contributed by atoms with van der Waals surface area (Å²) in [6.45, 7) is 8.08. The lowest BCUT2D eigenvalue weighted by atomic mass is 10.1. The summed E-state index contributed by atoms with van der Waals surface area (Å²) in [5, 5.41) is 8.66. The molecule has 2 rings (SSSR count). The highest BCUT2D eigenvalue weighted by Gasteiger charge is 2.15. The third kappa shape index (κ3) is 7.58. The van der Waals surface area contributed by atoms with Gasteiger partial charge in [-0.15, -0.1) is 0 Å². The maximum absolute atomic E-state index is 12.3. The van der Waals surface area contributed by atoms with Gasteiger partial charge >= 0.3 is 5.97 Å². The number of hydrogen-bond donors (Lipinski definition) is 3. The minimum atomic E-state index is -0.364. The van der Waals surface area contributed by atoms with Crippen LogP contribution in [0.25, 0.3) is 0 Å². The van der Waals surface area contributed by atoms with Gasteiger partial charge in [0, 0.05) is 22.5 Å². The van der Waals surface area contributed by atoms with E-state index in [9.17, 15) is 14.4 Å². The predicted molar refractivity (Wildman–Crippen MR) is 118 cm³/mol. The van der Waals surface area contributed by atoms with E-state index in [0.717, 1.165) is 6.42 Å². The Kier molecular flexibility index (Phi) is 7.98. The first kappa shape index (κ1) is 22.9. The van der Waals surface area contributed by atoms with E-state index in [2.05, 4.69) is 16.0 Å². The van der Waals surface area contributed by atoms with Crippen LogP contribution in [0.2, 0.25) is 0 Å². The lowest BCUT2D eigenvalue weighted by Gasteiger charge is -2.20. The van der Waals surface area contributed by atoms with E-state index in [1.807, 2.05) is 27.7 Å². The van der Waals surface area contributed by atoms with Crippen molar-refractivity contribution in [1.82, 2.24) is 5.32 Å². The minimum absolute atomic E-state index is 0.0397. The Hall–Kier alpha value is -3.35. The summed E-state index contributed by atoms with van der Waals surface area (Å²) in [6, 6.07) is 13.5. The van der Waals surface area contributed by atoms with Crippen molar-refractivity contribution in [2.75, 3.05) is 23.8 Å². The van der Waals surface area contributed by atoms with Gasteiger partial charge in [0.15, 0.2) is 0 Å². The minimum Gasteiger partial charge on any atom is -0.462 e. The van der Waals surface area contributed by atoms with E-state index in [1.54, 1.807) is 48.5 Å². The van der Waals surface area contributed by atoms with Crippen molar-refractivity contribution in [1.29, 1.82) is 0 Å². The molecule has 7 heteroatoms. The molecule has 0 radical (unpaired) electrons. The van der Waals surface area contributed by atoms with Crippen LogP contribution in [0.1, 0.15) is 54.8 Å². The quantitative estimate of drug-likeness (QED) is 0.574. The molecule has 0 heterocycles. The molecule has 0 bridgehead atoms. The fourth-order valence-corrected chi connectivity index (χ4v) is 2.54. The van der Waals surface area contributed by atoms with Crippen LogP contribution in [-0.4, -0.2) is 36.5 Å². The zero-order chi connectivity index (χ0) is 22.1. The first-order valence-electron chi connectivity index (χ1n) is 9.91. The molecule has 2 aromatic rings. The van der Waals surface area contributed by atoms with Crippen LogP contribution in [0.3, 0.4) is 0 Å². The lowest BCUT2D eigenvalue weighted by Crippen LogP contribution is -2.40. The zero-order valence-corrected chi connectivity index (χ0v) is 17.9. The van der Waals surface area contributed by atoms with Crippen LogP contribution < -0.4 is 16.0 Å². The summed E-state index contributed by atoms with van der Waals surface area (Å²) in [7, 11) is 0. The number of benzene rings is 2. The molecule has 0 atom stereocenters. The summed E-state index contributed by atoms with van der Waals surface area (Å²) >= 11 is 0. The van der Waals surface area contributed by atoms with Gasteiger partial charge in [0.2, 0.25) is 5.91 Å². The van der Waals surface area contributed by atoms with Crippen LogP contribution in [0, 0.1) is 0 Å². The molecule has 0 fully saturated rings. The van der Waals surface area contributed by atoms with Crippen molar-refractivity contribution in [2.24, 2.45) is 0 Å². The number of nitrogens with one attached hydrogen (secondary N) is 3. The highest BCUT2D eigenvalue weighted by atomic mass is 16.5. The Morgan fingerprint density at radius 1 is 0.933 bits per heavy atom. The Labute approximate surface area is 177 Å². The number of amides is 2. The molecule has 0 aliphatic heterocycles. The standard InChI is InChI=1S/C23H29N3O4/c1-5-13-30-22(29)16-9-11-18(12-10-16)24-15-20(27)25-19-8-6-7-17(14-19)21(28)26-23(2,3)4/h6-12,14,24H,5,13,15H2,1-4H3,(H,25,27)(H,26,28). The van der Waals surface area contributed by atoms with Crippen molar-refractivity contribution in [3.63, 3.8) is 0 Å². The Morgan fingerprint density at radius 3 is 2.27 bits per heavy atom. The molecule has 0 unspecified atom stereocenters. The van der Waals surface area contributed by atoms with Gasteiger partial charge in [0.05, 0.1) is 18.7 Å². The average molecular weight is 412 g/mol. The molecule has 0 saturated carbocycles. The highest BCUT2D eigenvalue weighted by molar-refractivity contribution is 5.98. The van der Waals surface area contributed by atoms with Gasteiger partial charge < -0.3 is 20.7 Å². The van der Waals surface area contributed by atoms with Crippen LogP contribution in [-0.2, 0) is 9.53 Å². The van der Waals surface area contributed by atoms with Gasteiger partial charge in [-0.1, -0.05) is 13.0 Å². The monoisotopic (exact) mass is 411 g/mol. The van der Waals surface area contributed by atoms with E-state index in [-0.39, 0.29) is 29.9 Å². The summed E-state index contributed by atoms with van der Waals surface area (Å²) in [5.41, 5.74) is 1.83. The Balaban J connectivity index is 1.88. The summed E-state index contributed by atoms with van der Waals surface area (Å²) in [6.07, 6.45) is 0.769. The summed E-state index contributed by atoms with van der Waals surface area (Å²) < 4.78 is 5.08. The third-order valence-corrected chi connectivity index (χ3v) is 3.91. The maximum atomic E-state index is 12.3. The first-order chi connectivity index (χ1) is 14.2.